The van der Waals surface area contributed by atoms with Crippen LogP contribution in [0.1, 0.15) is 19.4 Å². The Labute approximate surface area is 135 Å². The first-order chi connectivity index (χ1) is 10.2. The van der Waals surface area contributed by atoms with Gasteiger partial charge in [0.2, 0.25) is 5.78 Å². The van der Waals surface area contributed by atoms with E-state index in [0.29, 0.717) is 0 Å². The van der Waals surface area contributed by atoms with Gasteiger partial charge in [0.05, 0.1) is 9.75 Å². The van der Waals surface area contributed by atoms with Gasteiger partial charge in [-0.25, -0.2) is 0 Å². The zero-order chi connectivity index (χ0) is 14.4. The van der Waals surface area contributed by atoms with Crippen molar-refractivity contribution in [2.45, 2.75) is 6.54 Å². The van der Waals surface area contributed by atoms with E-state index in [4.69, 9.17) is 0 Å². The summed E-state index contributed by atoms with van der Waals surface area (Å²) in [7, 11) is 0. The van der Waals surface area contributed by atoms with Gasteiger partial charge in [-0.05, 0) is 29.6 Å². The molecule has 0 aliphatic rings. The van der Waals surface area contributed by atoms with Gasteiger partial charge in [-0.2, -0.15) is 4.91 Å². The molecule has 0 aliphatic heterocycles. The van der Waals surface area contributed by atoms with E-state index in [9.17, 15) is 9.70 Å². The molecule has 4 rings (SSSR count). The highest BCUT2D eigenvalue weighted by Gasteiger charge is 2.17. The number of hydrogen-bond donors (Lipinski definition) is 0. The summed E-state index contributed by atoms with van der Waals surface area (Å²) in [4.78, 5) is 25.4. The van der Waals surface area contributed by atoms with Crippen LogP contribution in [0.4, 0.5) is 0 Å². The highest BCUT2D eigenvalue weighted by atomic mass is 32.1. The summed E-state index contributed by atoms with van der Waals surface area (Å²) in [5.41, 5.74) is 0. The molecule has 0 saturated carbocycles. The molecule has 7 heteroatoms. The number of hydrogen-bond acceptors (Lipinski definition) is 7. The number of rotatable bonds is 4. The second-order valence-electron chi connectivity index (χ2n) is 4.43. The van der Waals surface area contributed by atoms with Crippen molar-refractivity contribution in [3.8, 4) is 0 Å². The average molecular weight is 349 g/mol. The predicted octanol–water partition coefficient (Wildman–Crippen LogP) is 5.74. The molecular formula is C14H7NO2S4. The second kappa shape index (κ2) is 5.10. The van der Waals surface area contributed by atoms with Crippen LogP contribution < -0.4 is 0 Å². The normalized spacial score (nSPS) is 11.4. The molecule has 0 aliphatic carbocycles. The minimum absolute atomic E-state index is 0.0897. The smallest absolute Gasteiger partial charge is 0.212 e. The summed E-state index contributed by atoms with van der Waals surface area (Å²) >= 11 is 6.22. The molecule has 0 radical (unpaired) electrons. The molecule has 21 heavy (non-hydrogen) atoms. The summed E-state index contributed by atoms with van der Waals surface area (Å²) < 4.78 is 4.45. The molecule has 0 amide bonds. The molecule has 0 spiro atoms. The molecule has 104 valence electrons. The van der Waals surface area contributed by atoms with Crippen molar-refractivity contribution in [1.29, 1.82) is 0 Å². The molecule has 0 atom stereocenters. The van der Waals surface area contributed by atoms with Crippen LogP contribution in [-0.2, 0) is 6.54 Å². The lowest BCUT2D eigenvalue weighted by Crippen LogP contribution is -1.93. The Morgan fingerprint density at radius 2 is 1.67 bits per heavy atom. The minimum atomic E-state index is 0.0897. The van der Waals surface area contributed by atoms with Crippen LogP contribution in [0.25, 0.3) is 18.8 Å². The van der Waals surface area contributed by atoms with Gasteiger partial charge < -0.3 is 0 Å². The average Bonchev–Trinajstić information content (AvgIpc) is 3.15. The minimum Gasteiger partial charge on any atom is -0.287 e. The maximum Gasteiger partial charge on any atom is 0.212 e. The standard InChI is InChI=1S/C14H7NO2S4/c16-14(12-4-9-8(20-12)1-2-18-9)13-5-11-10(21-13)3-7(19-11)6-15-17/h1-5H,6H2. The molecule has 0 unspecified atom stereocenters. The van der Waals surface area contributed by atoms with E-state index in [1.54, 1.807) is 22.7 Å². The summed E-state index contributed by atoms with van der Waals surface area (Å²) in [6.07, 6.45) is 0. The number of carbonyl (C=O) groups excluding carboxylic acids is 1. The Balaban J connectivity index is 1.71. The van der Waals surface area contributed by atoms with Gasteiger partial charge in [0.15, 0.2) is 0 Å². The summed E-state index contributed by atoms with van der Waals surface area (Å²) in [6, 6.07) is 7.90. The molecule has 4 heterocycles. The maximum absolute atomic E-state index is 12.6. The quantitative estimate of drug-likeness (QED) is 0.348. The van der Waals surface area contributed by atoms with Crippen molar-refractivity contribution in [2.24, 2.45) is 5.18 Å². The Morgan fingerprint density at radius 3 is 2.38 bits per heavy atom. The number of thiophene rings is 4. The number of fused-ring (bicyclic) bond motifs is 2. The Morgan fingerprint density at radius 1 is 0.952 bits per heavy atom. The third-order valence-corrected chi connectivity index (χ3v) is 7.43. The van der Waals surface area contributed by atoms with Gasteiger partial charge in [-0.3, -0.25) is 4.79 Å². The van der Waals surface area contributed by atoms with Gasteiger partial charge in [0, 0.05) is 23.7 Å². The lowest BCUT2D eigenvalue weighted by molar-refractivity contribution is 0.104. The summed E-state index contributed by atoms with van der Waals surface area (Å²) in [5.74, 6) is 0.0897. The summed E-state index contributed by atoms with van der Waals surface area (Å²) in [6.45, 7) is 0.205. The van der Waals surface area contributed by atoms with Crippen LogP contribution in [0.3, 0.4) is 0 Å². The van der Waals surface area contributed by atoms with Crippen LogP contribution in [0, 0.1) is 4.91 Å². The van der Waals surface area contributed by atoms with Crippen molar-refractivity contribution in [3.05, 3.63) is 49.2 Å². The Hall–Kier alpha value is -1.41. The Kier molecular flexibility index (Phi) is 3.22. The lowest BCUT2D eigenvalue weighted by Gasteiger charge is -1.91. The fourth-order valence-electron chi connectivity index (χ4n) is 2.14. The van der Waals surface area contributed by atoms with Gasteiger partial charge in [-0.1, -0.05) is 5.18 Å². The first-order valence-corrected chi connectivity index (χ1v) is 9.40. The number of nitrogens with zero attached hydrogens (tertiary/aromatic N) is 1. The van der Waals surface area contributed by atoms with Gasteiger partial charge in [-0.15, -0.1) is 45.3 Å². The molecule has 0 fully saturated rings. The second-order valence-corrected chi connectivity index (χ2v) is 8.71. The molecule has 3 nitrogen and oxygen atoms in total. The highest BCUT2D eigenvalue weighted by Crippen LogP contribution is 2.37. The molecule has 4 aromatic heterocycles. The molecule has 0 bridgehead atoms. The van der Waals surface area contributed by atoms with Gasteiger partial charge >= 0.3 is 0 Å². The van der Waals surface area contributed by atoms with Crippen LogP contribution in [0.2, 0.25) is 0 Å². The molecule has 4 aromatic rings. The SMILES string of the molecule is O=NCc1cc2sc(C(=O)c3cc4sccc4s3)cc2s1. The Bertz CT molecular complexity index is 912. The monoisotopic (exact) mass is 349 g/mol. The van der Waals surface area contributed by atoms with Gasteiger partial charge in [0.1, 0.15) is 6.54 Å². The van der Waals surface area contributed by atoms with E-state index >= 15 is 0 Å². The first kappa shape index (κ1) is 13.3. The fraction of sp³-hybridized carbons (Fsp3) is 0.0714. The molecule has 0 aromatic carbocycles. The van der Waals surface area contributed by atoms with E-state index in [0.717, 1.165) is 24.0 Å². The van der Waals surface area contributed by atoms with E-state index < -0.39 is 0 Å². The third-order valence-electron chi connectivity index (χ3n) is 3.07. The molecular weight excluding hydrogens is 342 g/mol. The lowest BCUT2D eigenvalue weighted by atomic mass is 10.3. The third kappa shape index (κ3) is 2.26. The largest absolute Gasteiger partial charge is 0.287 e. The van der Waals surface area contributed by atoms with Crippen LogP contribution >= 0.6 is 45.3 Å². The van der Waals surface area contributed by atoms with Gasteiger partial charge in [0.25, 0.3) is 0 Å². The van der Waals surface area contributed by atoms with Crippen molar-refractivity contribution in [1.82, 2.24) is 0 Å². The number of ketones is 1. The van der Waals surface area contributed by atoms with E-state index in [-0.39, 0.29) is 12.3 Å². The fourth-order valence-corrected chi connectivity index (χ4v) is 6.55. The zero-order valence-corrected chi connectivity index (χ0v) is 13.8. The number of nitroso groups, excluding NO2 is 1. The topological polar surface area (TPSA) is 46.5 Å². The van der Waals surface area contributed by atoms with Crippen molar-refractivity contribution < 1.29 is 4.79 Å². The van der Waals surface area contributed by atoms with E-state index in [1.807, 2.05) is 29.6 Å². The van der Waals surface area contributed by atoms with E-state index in [2.05, 4.69) is 5.18 Å². The van der Waals surface area contributed by atoms with Crippen molar-refractivity contribution >= 4 is 69.9 Å². The van der Waals surface area contributed by atoms with Crippen LogP contribution in [0.15, 0.2) is 34.8 Å². The van der Waals surface area contributed by atoms with Crippen molar-refractivity contribution in [3.63, 3.8) is 0 Å². The van der Waals surface area contributed by atoms with E-state index in [1.165, 1.54) is 32.1 Å². The van der Waals surface area contributed by atoms with Crippen LogP contribution in [-0.4, -0.2) is 5.78 Å². The highest BCUT2D eigenvalue weighted by molar-refractivity contribution is 7.30. The van der Waals surface area contributed by atoms with Crippen molar-refractivity contribution in [2.75, 3.05) is 0 Å². The number of carbonyl (C=O) groups is 1. The molecule has 0 saturated heterocycles. The molecule has 0 N–H and O–H groups in total. The maximum atomic E-state index is 12.6. The zero-order valence-electron chi connectivity index (χ0n) is 10.5. The van der Waals surface area contributed by atoms with Crippen LogP contribution in [0.5, 0.6) is 0 Å². The predicted molar refractivity (Wildman–Crippen MR) is 92.3 cm³/mol. The summed E-state index contributed by atoms with van der Waals surface area (Å²) in [5, 5.41) is 4.95. The first-order valence-electron chi connectivity index (χ1n) is 6.08.